The highest BCUT2D eigenvalue weighted by Gasteiger charge is 2.59. The fourth-order valence-electron chi connectivity index (χ4n) is 4.35. The molecule has 0 unspecified atom stereocenters. The molecule has 3 rings (SSSR count). The monoisotopic (exact) mass is 240 g/mol. The number of hydrogen-bond donors (Lipinski definition) is 0. The van der Waals surface area contributed by atoms with Gasteiger partial charge in [0, 0.05) is 0 Å². The molecule has 1 heterocycles. The van der Waals surface area contributed by atoms with Crippen molar-refractivity contribution in [1.82, 2.24) is 0 Å². The summed E-state index contributed by atoms with van der Waals surface area (Å²) in [6.45, 7) is 0. The Morgan fingerprint density at radius 2 is 1.31 bits per heavy atom. The van der Waals surface area contributed by atoms with Crippen LogP contribution in [0, 0.1) is 10.8 Å². The van der Waals surface area contributed by atoms with Gasteiger partial charge < -0.3 is 0 Å². The van der Waals surface area contributed by atoms with Gasteiger partial charge >= 0.3 is 0 Å². The average molecular weight is 240 g/mol. The zero-order chi connectivity index (χ0) is 11.3. The molecule has 0 spiro atoms. The fraction of sp³-hybridized carbons (Fsp3) is 0.846. The van der Waals surface area contributed by atoms with Gasteiger partial charge in [0.15, 0.2) is 9.84 Å². The number of hydrogen-bond acceptors (Lipinski definition) is 2. The predicted octanol–water partition coefficient (Wildman–Crippen LogP) is 2.70. The molecular formula is C13H20O2S. The first kappa shape index (κ1) is 10.8. The van der Waals surface area contributed by atoms with E-state index in [4.69, 9.17) is 0 Å². The van der Waals surface area contributed by atoms with Crippen molar-refractivity contribution < 1.29 is 8.42 Å². The third-order valence-electron chi connectivity index (χ3n) is 5.11. The topological polar surface area (TPSA) is 34.1 Å². The molecule has 2 fully saturated rings. The van der Waals surface area contributed by atoms with Crippen LogP contribution in [0.5, 0.6) is 0 Å². The van der Waals surface area contributed by atoms with E-state index in [9.17, 15) is 8.42 Å². The molecule has 16 heavy (non-hydrogen) atoms. The van der Waals surface area contributed by atoms with Crippen LogP contribution < -0.4 is 0 Å². The summed E-state index contributed by atoms with van der Waals surface area (Å²) in [7, 11) is -2.79. The molecule has 3 aliphatic rings. The molecule has 0 aromatic rings. The first-order valence-corrected chi connectivity index (χ1v) is 8.25. The number of sulfone groups is 1. The van der Waals surface area contributed by atoms with Crippen molar-refractivity contribution in [2.75, 3.05) is 11.5 Å². The summed E-state index contributed by atoms with van der Waals surface area (Å²) in [6.07, 6.45) is 12.5. The third-order valence-corrected chi connectivity index (χ3v) is 7.10. The van der Waals surface area contributed by atoms with E-state index < -0.39 is 9.84 Å². The van der Waals surface area contributed by atoms with E-state index in [-0.39, 0.29) is 10.8 Å². The van der Waals surface area contributed by atoms with Crippen LogP contribution in [0.1, 0.15) is 44.9 Å². The molecule has 0 aromatic heterocycles. The Morgan fingerprint density at radius 1 is 0.812 bits per heavy atom. The Kier molecular flexibility index (Phi) is 2.26. The molecule has 0 bridgehead atoms. The van der Waals surface area contributed by atoms with Crippen molar-refractivity contribution in [2.24, 2.45) is 10.8 Å². The van der Waals surface area contributed by atoms with Crippen molar-refractivity contribution in [2.45, 2.75) is 44.9 Å². The Hall–Kier alpha value is -0.310. The zero-order valence-electron chi connectivity index (χ0n) is 9.74. The van der Waals surface area contributed by atoms with E-state index in [1.807, 2.05) is 0 Å². The highest BCUT2D eigenvalue weighted by molar-refractivity contribution is 7.91. The molecule has 1 aliphatic heterocycles. The van der Waals surface area contributed by atoms with Crippen LogP contribution in [-0.4, -0.2) is 19.9 Å². The SMILES string of the molecule is O=S1(=O)C[C@@]23CC=CC[C@@]2(CCCCC3)C1. The molecule has 90 valence electrons. The minimum Gasteiger partial charge on any atom is -0.229 e. The lowest BCUT2D eigenvalue weighted by Gasteiger charge is -2.45. The van der Waals surface area contributed by atoms with E-state index in [0.717, 1.165) is 25.7 Å². The maximum atomic E-state index is 12.0. The first-order chi connectivity index (χ1) is 7.58. The molecule has 0 radical (unpaired) electrons. The van der Waals surface area contributed by atoms with Gasteiger partial charge in [-0.2, -0.15) is 0 Å². The Morgan fingerprint density at radius 3 is 1.81 bits per heavy atom. The van der Waals surface area contributed by atoms with Gasteiger partial charge in [0.1, 0.15) is 0 Å². The Balaban J connectivity index is 2.10. The molecule has 0 aromatic carbocycles. The van der Waals surface area contributed by atoms with Gasteiger partial charge in [0.2, 0.25) is 0 Å². The second kappa shape index (κ2) is 3.34. The minimum absolute atomic E-state index is 0.108. The van der Waals surface area contributed by atoms with Crippen LogP contribution in [0.3, 0.4) is 0 Å². The predicted molar refractivity (Wildman–Crippen MR) is 65.0 cm³/mol. The molecule has 2 atom stereocenters. The molecule has 2 aliphatic carbocycles. The van der Waals surface area contributed by atoms with Gasteiger partial charge in [-0.3, -0.25) is 0 Å². The molecular weight excluding hydrogens is 220 g/mol. The van der Waals surface area contributed by atoms with Gasteiger partial charge in [-0.1, -0.05) is 31.4 Å². The van der Waals surface area contributed by atoms with Crippen molar-refractivity contribution in [3.63, 3.8) is 0 Å². The standard InChI is InChI=1S/C13H20O2S/c14-16(15)10-12-6-2-1-3-7-13(12,11-16)9-5-4-8-12/h4-5H,1-3,6-11H2/t12-,13+. The smallest absolute Gasteiger partial charge is 0.151 e. The van der Waals surface area contributed by atoms with E-state index >= 15 is 0 Å². The van der Waals surface area contributed by atoms with Gasteiger partial charge in [-0.25, -0.2) is 8.42 Å². The number of allylic oxidation sites excluding steroid dienone is 2. The van der Waals surface area contributed by atoms with Gasteiger partial charge in [0.25, 0.3) is 0 Å². The summed E-state index contributed by atoms with van der Waals surface area (Å²) in [5.74, 6) is 0.925. The van der Waals surface area contributed by atoms with Gasteiger partial charge in [-0.05, 0) is 36.5 Å². The summed E-state index contributed by atoms with van der Waals surface area (Å²) in [5.41, 5.74) is 0.216. The third kappa shape index (κ3) is 1.40. The quantitative estimate of drug-likeness (QED) is 0.610. The lowest BCUT2D eigenvalue weighted by Crippen LogP contribution is -2.41. The van der Waals surface area contributed by atoms with Crippen LogP contribution in [0.25, 0.3) is 0 Å². The van der Waals surface area contributed by atoms with Crippen molar-refractivity contribution in [3.05, 3.63) is 12.2 Å². The Bertz CT molecular complexity index is 391. The van der Waals surface area contributed by atoms with Crippen molar-refractivity contribution in [1.29, 1.82) is 0 Å². The normalized spacial score (nSPS) is 45.8. The molecule has 1 saturated carbocycles. The second-order valence-corrected chi connectivity index (χ2v) is 8.10. The summed E-state index contributed by atoms with van der Waals surface area (Å²) < 4.78 is 24.1. The Labute approximate surface area is 98.0 Å². The highest BCUT2D eigenvalue weighted by atomic mass is 32.2. The molecule has 1 saturated heterocycles. The first-order valence-electron chi connectivity index (χ1n) is 6.43. The summed E-state index contributed by atoms with van der Waals surface area (Å²) in [4.78, 5) is 0. The van der Waals surface area contributed by atoms with Crippen molar-refractivity contribution >= 4 is 9.84 Å². The fourth-order valence-corrected chi connectivity index (χ4v) is 7.27. The maximum Gasteiger partial charge on any atom is 0.151 e. The summed E-state index contributed by atoms with van der Waals surface area (Å²) in [5, 5.41) is 0. The molecule has 3 heteroatoms. The largest absolute Gasteiger partial charge is 0.229 e. The van der Waals surface area contributed by atoms with E-state index in [2.05, 4.69) is 12.2 Å². The second-order valence-electron chi connectivity index (χ2n) is 6.03. The van der Waals surface area contributed by atoms with Crippen LogP contribution in [0.2, 0.25) is 0 Å². The number of rotatable bonds is 0. The van der Waals surface area contributed by atoms with E-state index in [1.54, 1.807) is 0 Å². The summed E-state index contributed by atoms with van der Waals surface area (Å²) in [6, 6.07) is 0. The lowest BCUT2D eigenvalue weighted by atomic mass is 9.57. The van der Waals surface area contributed by atoms with Crippen LogP contribution >= 0.6 is 0 Å². The maximum absolute atomic E-state index is 12.0. The highest BCUT2D eigenvalue weighted by Crippen LogP contribution is 2.61. The lowest BCUT2D eigenvalue weighted by molar-refractivity contribution is 0.0785. The minimum atomic E-state index is -2.79. The molecule has 0 N–H and O–H groups in total. The van der Waals surface area contributed by atoms with Crippen LogP contribution in [-0.2, 0) is 9.84 Å². The van der Waals surface area contributed by atoms with Crippen LogP contribution in [0.4, 0.5) is 0 Å². The van der Waals surface area contributed by atoms with E-state index in [1.165, 1.54) is 19.3 Å². The van der Waals surface area contributed by atoms with E-state index in [0.29, 0.717) is 11.5 Å². The summed E-state index contributed by atoms with van der Waals surface area (Å²) >= 11 is 0. The molecule has 0 amide bonds. The molecule has 2 nitrogen and oxygen atoms in total. The van der Waals surface area contributed by atoms with Crippen molar-refractivity contribution in [3.8, 4) is 0 Å². The van der Waals surface area contributed by atoms with Gasteiger partial charge in [-0.15, -0.1) is 0 Å². The zero-order valence-corrected chi connectivity index (χ0v) is 10.6. The average Bonchev–Trinajstić information content (AvgIpc) is 2.33. The van der Waals surface area contributed by atoms with Gasteiger partial charge in [0.05, 0.1) is 11.5 Å². The van der Waals surface area contributed by atoms with Crippen LogP contribution in [0.15, 0.2) is 12.2 Å².